The lowest BCUT2D eigenvalue weighted by molar-refractivity contribution is 0.0764. The maximum atomic E-state index is 5.80. The van der Waals surface area contributed by atoms with Crippen LogP contribution in [0.3, 0.4) is 0 Å². The number of rotatable bonds is 6. The monoisotopic (exact) mass is 211 g/mol. The van der Waals surface area contributed by atoms with Crippen LogP contribution in [0.25, 0.3) is 0 Å². The van der Waals surface area contributed by atoms with Crippen LogP contribution in [-0.4, -0.2) is 35.7 Å². The number of hydrogen-bond donors (Lipinski definition) is 0. The molecule has 2 bridgehead atoms. The fourth-order valence-corrected chi connectivity index (χ4v) is 2.70. The highest BCUT2D eigenvalue weighted by molar-refractivity contribution is 6.08. The van der Waals surface area contributed by atoms with E-state index < -0.39 is 0 Å². The van der Waals surface area contributed by atoms with Crippen molar-refractivity contribution in [3.05, 3.63) is 0 Å². The summed E-state index contributed by atoms with van der Waals surface area (Å²) in [6.45, 7) is 1.81. The third kappa shape index (κ3) is 2.58. The van der Waals surface area contributed by atoms with Gasteiger partial charge in [-0.15, -0.1) is 0 Å². The first-order valence-electron chi connectivity index (χ1n) is 5.78. The fraction of sp³-hybridized carbons (Fsp3) is 1.00. The summed E-state index contributed by atoms with van der Waals surface area (Å²) in [5.74, 6) is 0.789. The van der Waals surface area contributed by atoms with E-state index in [1.54, 1.807) is 0 Å². The van der Waals surface area contributed by atoms with Gasteiger partial charge in [-0.25, -0.2) is 0 Å². The van der Waals surface area contributed by atoms with Gasteiger partial charge in [-0.1, -0.05) is 6.04 Å². The molecule has 3 atom stereocenters. The van der Waals surface area contributed by atoms with Crippen LogP contribution in [0, 0.1) is 5.92 Å². The topological polar surface area (TPSA) is 18.5 Å². The molecule has 2 aliphatic rings. The predicted octanol–water partition coefficient (Wildman–Crippen LogP) is 1.94. The molecule has 2 fully saturated rings. The molecule has 2 nitrogen and oxygen atoms in total. The zero-order valence-corrected chi connectivity index (χ0v) is 9.71. The SMILES string of the molecule is [Si]CCCOCCC1CC2CCC1O2. The largest absolute Gasteiger partial charge is 0.381 e. The van der Waals surface area contributed by atoms with Gasteiger partial charge in [0.2, 0.25) is 0 Å². The third-order valence-corrected chi connectivity index (χ3v) is 3.68. The third-order valence-electron chi connectivity index (χ3n) is 3.33. The second-order valence-corrected chi connectivity index (χ2v) is 4.87. The molecule has 0 spiro atoms. The molecular formula is C11H19O2Si. The van der Waals surface area contributed by atoms with Crippen molar-refractivity contribution in [3.8, 4) is 0 Å². The summed E-state index contributed by atoms with van der Waals surface area (Å²) in [5, 5.41) is 0. The summed E-state index contributed by atoms with van der Waals surface area (Å²) < 4.78 is 11.4. The van der Waals surface area contributed by atoms with E-state index in [1.807, 2.05) is 0 Å². The Morgan fingerprint density at radius 2 is 2.21 bits per heavy atom. The zero-order chi connectivity index (χ0) is 9.80. The molecule has 2 aliphatic heterocycles. The van der Waals surface area contributed by atoms with Crippen molar-refractivity contribution < 1.29 is 9.47 Å². The minimum atomic E-state index is 0.569. The van der Waals surface area contributed by atoms with Gasteiger partial charge >= 0.3 is 0 Å². The normalized spacial score (nSPS) is 35.4. The Balaban J connectivity index is 1.54. The molecular weight excluding hydrogens is 192 g/mol. The van der Waals surface area contributed by atoms with E-state index >= 15 is 0 Å². The maximum Gasteiger partial charge on any atom is 0.0609 e. The molecule has 0 aliphatic carbocycles. The first-order valence-corrected chi connectivity index (χ1v) is 6.48. The summed E-state index contributed by atoms with van der Waals surface area (Å²) in [4.78, 5) is 0. The van der Waals surface area contributed by atoms with Gasteiger partial charge in [-0.2, -0.15) is 0 Å². The lowest BCUT2D eigenvalue weighted by Gasteiger charge is -2.17. The second-order valence-electron chi connectivity index (χ2n) is 4.37. The Morgan fingerprint density at radius 1 is 1.29 bits per heavy atom. The Labute approximate surface area is 89.8 Å². The van der Waals surface area contributed by atoms with Gasteiger partial charge in [0.25, 0.3) is 0 Å². The molecule has 3 unspecified atom stereocenters. The minimum Gasteiger partial charge on any atom is -0.381 e. The molecule has 0 saturated carbocycles. The molecule has 3 heteroatoms. The Kier molecular flexibility index (Phi) is 4.02. The Bertz CT molecular complexity index is 175. The van der Waals surface area contributed by atoms with E-state index in [1.165, 1.54) is 25.7 Å². The van der Waals surface area contributed by atoms with E-state index in [2.05, 4.69) is 10.2 Å². The van der Waals surface area contributed by atoms with E-state index in [0.29, 0.717) is 12.2 Å². The highest BCUT2D eigenvalue weighted by Gasteiger charge is 2.40. The molecule has 0 aromatic carbocycles. The first kappa shape index (κ1) is 10.6. The van der Waals surface area contributed by atoms with Crippen LogP contribution < -0.4 is 0 Å². The average molecular weight is 211 g/mol. The van der Waals surface area contributed by atoms with Crippen LogP contribution in [0.1, 0.15) is 32.1 Å². The summed E-state index contributed by atoms with van der Waals surface area (Å²) >= 11 is 0. The number of fused-ring (bicyclic) bond motifs is 2. The smallest absolute Gasteiger partial charge is 0.0609 e. The van der Waals surface area contributed by atoms with Crippen LogP contribution in [0.15, 0.2) is 0 Å². The van der Waals surface area contributed by atoms with Crippen molar-refractivity contribution in [1.82, 2.24) is 0 Å². The summed E-state index contributed by atoms with van der Waals surface area (Å²) in [6, 6.07) is 1.04. The van der Waals surface area contributed by atoms with E-state index in [4.69, 9.17) is 9.47 Å². The zero-order valence-electron chi connectivity index (χ0n) is 8.71. The molecule has 0 amide bonds. The fourth-order valence-electron chi connectivity index (χ4n) is 2.56. The van der Waals surface area contributed by atoms with E-state index in [9.17, 15) is 0 Å². The van der Waals surface area contributed by atoms with Gasteiger partial charge in [0.05, 0.1) is 12.2 Å². The van der Waals surface area contributed by atoms with Gasteiger partial charge in [0.1, 0.15) is 0 Å². The summed E-state index contributed by atoms with van der Waals surface area (Å²) in [6.07, 6.45) is 7.34. The van der Waals surface area contributed by atoms with Crippen molar-refractivity contribution in [2.75, 3.05) is 13.2 Å². The van der Waals surface area contributed by atoms with E-state index in [0.717, 1.165) is 31.6 Å². The summed E-state index contributed by atoms with van der Waals surface area (Å²) in [7, 11) is 3.44. The van der Waals surface area contributed by atoms with Crippen molar-refractivity contribution in [3.63, 3.8) is 0 Å². The lowest BCUT2D eigenvalue weighted by atomic mass is 9.87. The van der Waals surface area contributed by atoms with Crippen LogP contribution in [0.4, 0.5) is 0 Å². The van der Waals surface area contributed by atoms with Crippen molar-refractivity contribution in [1.29, 1.82) is 0 Å². The number of hydrogen-bond acceptors (Lipinski definition) is 2. The van der Waals surface area contributed by atoms with Crippen molar-refractivity contribution >= 4 is 10.2 Å². The molecule has 2 rings (SSSR count). The summed E-state index contributed by atoms with van der Waals surface area (Å²) in [5.41, 5.74) is 0. The average Bonchev–Trinajstić information content (AvgIpc) is 2.79. The molecule has 79 valence electrons. The van der Waals surface area contributed by atoms with Crippen LogP contribution >= 0.6 is 0 Å². The number of ether oxygens (including phenoxy) is 2. The molecule has 0 aromatic heterocycles. The van der Waals surface area contributed by atoms with E-state index in [-0.39, 0.29) is 0 Å². The highest BCUT2D eigenvalue weighted by atomic mass is 28.1. The second kappa shape index (κ2) is 5.28. The quantitative estimate of drug-likeness (QED) is 0.494. The Morgan fingerprint density at radius 3 is 2.86 bits per heavy atom. The standard InChI is InChI=1S/C11H19O2Si/c14-7-1-5-12-6-4-9-8-10-2-3-11(9)13-10/h9-11H,1-8H2. The molecule has 3 radical (unpaired) electrons. The molecule has 14 heavy (non-hydrogen) atoms. The van der Waals surface area contributed by atoms with Gasteiger partial charge in [-0.3, -0.25) is 0 Å². The van der Waals surface area contributed by atoms with Crippen LogP contribution in [0.5, 0.6) is 0 Å². The molecule has 2 heterocycles. The van der Waals surface area contributed by atoms with Gasteiger partial charge < -0.3 is 9.47 Å². The highest BCUT2D eigenvalue weighted by Crippen LogP contribution is 2.40. The predicted molar refractivity (Wildman–Crippen MR) is 56.6 cm³/mol. The molecule has 0 N–H and O–H groups in total. The first-order chi connectivity index (χ1) is 6.90. The Hall–Kier alpha value is 0.137. The van der Waals surface area contributed by atoms with Gasteiger partial charge in [0, 0.05) is 23.5 Å². The molecule has 2 saturated heterocycles. The molecule has 0 aromatic rings. The van der Waals surface area contributed by atoms with Gasteiger partial charge in [-0.05, 0) is 38.0 Å². The maximum absolute atomic E-state index is 5.80. The van der Waals surface area contributed by atoms with Crippen molar-refractivity contribution in [2.45, 2.75) is 50.4 Å². The van der Waals surface area contributed by atoms with Crippen molar-refractivity contribution in [2.24, 2.45) is 5.92 Å². The minimum absolute atomic E-state index is 0.569. The van der Waals surface area contributed by atoms with Gasteiger partial charge in [0.15, 0.2) is 0 Å². The lowest BCUT2D eigenvalue weighted by Crippen LogP contribution is -2.18. The van der Waals surface area contributed by atoms with Crippen LogP contribution in [0.2, 0.25) is 6.04 Å². The van der Waals surface area contributed by atoms with Crippen LogP contribution in [-0.2, 0) is 9.47 Å².